The van der Waals surface area contributed by atoms with E-state index < -0.39 is 0 Å². The quantitative estimate of drug-likeness (QED) is 0.798. The highest BCUT2D eigenvalue weighted by Gasteiger charge is 2.36. The molecule has 0 saturated heterocycles. The van der Waals surface area contributed by atoms with Crippen LogP contribution >= 0.6 is 0 Å². The molecule has 2 nitrogen and oxygen atoms in total. The van der Waals surface area contributed by atoms with Crippen molar-refractivity contribution >= 4 is 0 Å². The van der Waals surface area contributed by atoms with E-state index in [0.29, 0.717) is 5.92 Å². The van der Waals surface area contributed by atoms with E-state index in [2.05, 4.69) is 39.6 Å². The molecule has 0 amide bonds. The highest BCUT2D eigenvalue weighted by molar-refractivity contribution is 4.93. The van der Waals surface area contributed by atoms with Gasteiger partial charge >= 0.3 is 0 Å². The summed E-state index contributed by atoms with van der Waals surface area (Å²) in [5, 5.41) is 0. The fraction of sp³-hybridized carbons (Fsp3) is 1.00. The summed E-state index contributed by atoms with van der Waals surface area (Å²) >= 11 is 0. The van der Waals surface area contributed by atoms with Crippen molar-refractivity contribution in [3.8, 4) is 0 Å². The molecule has 16 heavy (non-hydrogen) atoms. The summed E-state index contributed by atoms with van der Waals surface area (Å²) in [5.74, 6) is 1.54. The molecule has 0 aromatic heterocycles. The zero-order valence-corrected chi connectivity index (χ0v) is 11.8. The molecule has 1 atom stereocenters. The molecule has 0 aromatic carbocycles. The number of nitrogens with zero attached hydrogens (tertiary/aromatic N) is 1. The van der Waals surface area contributed by atoms with Gasteiger partial charge in [-0.3, -0.25) is 4.90 Å². The first kappa shape index (κ1) is 14.0. The van der Waals surface area contributed by atoms with Gasteiger partial charge in [-0.25, -0.2) is 0 Å². The summed E-state index contributed by atoms with van der Waals surface area (Å²) < 4.78 is 0. The number of nitrogens with two attached hydrogens (primary N) is 1. The van der Waals surface area contributed by atoms with E-state index in [1.165, 1.54) is 25.7 Å². The van der Waals surface area contributed by atoms with Gasteiger partial charge in [0.1, 0.15) is 0 Å². The lowest BCUT2D eigenvalue weighted by Gasteiger charge is -2.47. The highest BCUT2D eigenvalue weighted by atomic mass is 15.2. The van der Waals surface area contributed by atoms with E-state index in [1.54, 1.807) is 0 Å². The molecule has 0 spiro atoms. The Morgan fingerprint density at radius 1 is 1.25 bits per heavy atom. The molecule has 0 heterocycles. The molecular weight excluding hydrogens is 196 g/mol. The molecule has 1 saturated carbocycles. The first-order valence-corrected chi connectivity index (χ1v) is 6.84. The third-order valence-electron chi connectivity index (χ3n) is 5.00. The minimum Gasteiger partial charge on any atom is -0.329 e. The Hall–Kier alpha value is -0.0800. The third-order valence-corrected chi connectivity index (χ3v) is 5.00. The van der Waals surface area contributed by atoms with Crippen LogP contribution in [0.3, 0.4) is 0 Å². The lowest BCUT2D eigenvalue weighted by molar-refractivity contribution is 0.0308. The molecule has 1 rings (SSSR count). The zero-order chi connectivity index (χ0) is 12.3. The van der Waals surface area contributed by atoms with E-state index in [-0.39, 0.29) is 5.54 Å². The minimum atomic E-state index is 0.158. The van der Waals surface area contributed by atoms with Gasteiger partial charge in [0.15, 0.2) is 0 Å². The van der Waals surface area contributed by atoms with Crippen LogP contribution < -0.4 is 5.73 Å². The van der Waals surface area contributed by atoms with Crippen LogP contribution in [0.2, 0.25) is 0 Å². The van der Waals surface area contributed by atoms with E-state index in [4.69, 9.17) is 5.73 Å². The van der Waals surface area contributed by atoms with Gasteiger partial charge in [0, 0.05) is 18.1 Å². The van der Waals surface area contributed by atoms with E-state index in [0.717, 1.165) is 18.5 Å². The SMILES string of the molecule is CC1CCC(N(C)C(C)(CN)C(C)C)CC1. The molecule has 0 aromatic rings. The Bertz CT molecular complexity index is 207. The van der Waals surface area contributed by atoms with Crippen molar-refractivity contribution in [3.05, 3.63) is 0 Å². The van der Waals surface area contributed by atoms with E-state index in [1.807, 2.05) is 0 Å². The Morgan fingerprint density at radius 3 is 2.12 bits per heavy atom. The van der Waals surface area contributed by atoms with Crippen LogP contribution in [0.15, 0.2) is 0 Å². The third kappa shape index (κ3) is 2.78. The second kappa shape index (κ2) is 5.50. The Kier molecular flexibility index (Phi) is 4.81. The van der Waals surface area contributed by atoms with Gasteiger partial charge in [-0.2, -0.15) is 0 Å². The fourth-order valence-electron chi connectivity index (χ4n) is 2.83. The molecule has 2 heteroatoms. The summed E-state index contributed by atoms with van der Waals surface area (Å²) in [6, 6.07) is 0.743. The zero-order valence-electron chi connectivity index (χ0n) is 11.8. The van der Waals surface area contributed by atoms with Crippen LogP contribution in [0.25, 0.3) is 0 Å². The van der Waals surface area contributed by atoms with Crippen LogP contribution in [0.4, 0.5) is 0 Å². The van der Waals surface area contributed by atoms with Gasteiger partial charge < -0.3 is 5.73 Å². The second-order valence-electron chi connectivity index (χ2n) is 6.24. The minimum absolute atomic E-state index is 0.158. The van der Waals surface area contributed by atoms with Gasteiger partial charge in [-0.05, 0) is 51.5 Å². The maximum atomic E-state index is 6.00. The molecule has 0 aliphatic heterocycles. The molecule has 1 fully saturated rings. The topological polar surface area (TPSA) is 29.3 Å². The first-order chi connectivity index (χ1) is 7.41. The monoisotopic (exact) mass is 226 g/mol. The predicted octanol–water partition coefficient (Wildman–Crippen LogP) is 2.87. The van der Waals surface area contributed by atoms with Gasteiger partial charge in [0.25, 0.3) is 0 Å². The Balaban J connectivity index is 2.65. The van der Waals surface area contributed by atoms with Crippen LogP contribution in [-0.4, -0.2) is 30.1 Å². The van der Waals surface area contributed by atoms with Crippen LogP contribution in [0.1, 0.15) is 53.4 Å². The molecule has 0 bridgehead atoms. The predicted molar refractivity (Wildman–Crippen MR) is 71.5 cm³/mol. The Labute approximate surface area is 102 Å². The van der Waals surface area contributed by atoms with E-state index >= 15 is 0 Å². The highest BCUT2D eigenvalue weighted by Crippen LogP contribution is 2.32. The lowest BCUT2D eigenvalue weighted by atomic mass is 9.81. The molecule has 1 aliphatic carbocycles. The summed E-state index contributed by atoms with van der Waals surface area (Å²) in [5.41, 5.74) is 6.16. The van der Waals surface area contributed by atoms with Crippen LogP contribution in [0.5, 0.6) is 0 Å². The normalized spacial score (nSPS) is 30.8. The summed E-state index contributed by atoms with van der Waals surface area (Å²) in [6.07, 6.45) is 5.46. The molecule has 1 unspecified atom stereocenters. The van der Waals surface area contributed by atoms with Crippen molar-refractivity contribution < 1.29 is 0 Å². The molecule has 2 N–H and O–H groups in total. The second-order valence-corrected chi connectivity index (χ2v) is 6.24. The van der Waals surface area contributed by atoms with Gasteiger partial charge in [0.2, 0.25) is 0 Å². The number of hydrogen-bond donors (Lipinski definition) is 1. The molecular formula is C14H30N2. The number of rotatable bonds is 4. The van der Waals surface area contributed by atoms with Crippen LogP contribution in [0, 0.1) is 11.8 Å². The van der Waals surface area contributed by atoms with Gasteiger partial charge in [0.05, 0.1) is 0 Å². The summed E-state index contributed by atoms with van der Waals surface area (Å²) in [6.45, 7) is 10.0. The summed E-state index contributed by atoms with van der Waals surface area (Å²) in [4.78, 5) is 2.56. The number of hydrogen-bond acceptors (Lipinski definition) is 2. The standard InChI is InChI=1S/C14H30N2/c1-11(2)14(4,10-15)16(5)13-8-6-12(3)7-9-13/h11-13H,6-10,15H2,1-5H3. The number of likely N-dealkylation sites (N-methyl/N-ethyl adjacent to an activating group) is 1. The average Bonchev–Trinajstić information content (AvgIpc) is 2.27. The maximum absolute atomic E-state index is 6.00. The first-order valence-electron chi connectivity index (χ1n) is 6.84. The van der Waals surface area contributed by atoms with Gasteiger partial charge in [-0.15, -0.1) is 0 Å². The average molecular weight is 226 g/mol. The molecule has 0 radical (unpaired) electrons. The smallest absolute Gasteiger partial charge is 0.0326 e. The summed E-state index contributed by atoms with van der Waals surface area (Å²) in [7, 11) is 2.27. The Morgan fingerprint density at radius 2 is 1.75 bits per heavy atom. The van der Waals surface area contributed by atoms with Crippen molar-refractivity contribution in [3.63, 3.8) is 0 Å². The lowest BCUT2D eigenvalue weighted by Crippen LogP contribution is -2.57. The van der Waals surface area contributed by atoms with Crippen molar-refractivity contribution in [1.82, 2.24) is 4.90 Å². The largest absolute Gasteiger partial charge is 0.329 e. The molecule has 96 valence electrons. The van der Waals surface area contributed by atoms with Gasteiger partial charge in [-0.1, -0.05) is 20.8 Å². The van der Waals surface area contributed by atoms with Crippen molar-refractivity contribution in [2.24, 2.45) is 17.6 Å². The van der Waals surface area contributed by atoms with E-state index in [9.17, 15) is 0 Å². The fourth-order valence-corrected chi connectivity index (χ4v) is 2.83. The maximum Gasteiger partial charge on any atom is 0.0326 e. The van der Waals surface area contributed by atoms with Crippen molar-refractivity contribution in [2.45, 2.75) is 65.0 Å². The van der Waals surface area contributed by atoms with Crippen LogP contribution in [-0.2, 0) is 0 Å². The van der Waals surface area contributed by atoms with Crippen molar-refractivity contribution in [2.75, 3.05) is 13.6 Å². The van der Waals surface area contributed by atoms with Crippen molar-refractivity contribution in [1.29, 1.82) is 0 Å². The molecule has 1 aliphatic rings.